The first kappa shape index (κ1) is 20.2. The van der Waals surface area contributed by atoms with Gasteiger partial charge in [-0.2, -0.15) is 0 Å². The Kier molecular flexibility index (Phi) is 7.31. The fraction of sp³-hybridized carbons (Fsp3) is 0.435. The normalized spacial score (nSPS) is 15.8. The Labute approximate surface area is 167 Å². The predicted molar refractivity (Wildman–Crippen MR) is 113 cm³/mol. The average molecular weight is 383 g/mol. The zero-order chi connectivity index (χ0) is 19.8. The van der Waals surface area contributed by atoms with E-state index in [-0.39, 0.29) is 11.8 Å². The molecule has 2 aromatic carbocycles. The summed E-state index contributed by atoms with van der Waals surface area (Å²) in [5.74, 6) is 1.74. The van der Waals surface area contributed by atoms with Crippen molar-refractivity contribution in [2.75, 3.05) is 33.4 Å². The number of benzene rings is 2. The van der Waals surface area contributed by atoms with E-state index in [1.54, 1.807) is 19.4 Å². The Morgan fingerprint density at radius 1 is 1.11 bits per heavy atom. The molecular formula is C23H30N2O3. The van der Waals surface area contributed by atoms with Gasteiger partial charge < -0.3 is 14.6 Å². The van der Waals surface area contributed by atoms with Gasteiger partial charge in [0.15, 0.2) is 0 Å². The highest BCUT2D eigenvalue weighted by atomic mass is 16.5. The second kappa shape index (κ2) is 10.1. The lowest BCUT2D eigenvalue weighted by atomic mass is 10.1. The number of aliphatic imine (C=N–C) groups is 1. The molecule has 3 rings (SSSR count). The minimum atomic E-state index is 0.194. The van der Waals surface area contributed by atoms with E-state index in [0.717, 1.165) is 25.3 Å². The largest absolute Gasteiger partial charge is 0.507 e. The molecule has 0 amide bonds. The lowest BCUT2D eigenvalue weighted by Gasteiger charge is -2.26. The van der Waals surface area contributed by atoms with Crippen molar-refractivity contribution in [1.29, 1.82) is 0 Å². The van der Waals surface area contributed by atoms with Gasteiger partial charge in [-0.1, -0.05) is 19.1 Å². The van der Waals surface area contributed by atoms with Crippen LogP contribution in [0.2, 0.25) is 0 Å². The number of likely N-dealkylation sites (tertiary alicyclic amines) is 1. The smallest absolute Gasteiger partial charge is 0.128 e. The summed E-state index contributed by atoms with van der Waals surface area (Å²) in [4.78, 5) is 7.15. The van der Waals surface area contributed by atoms with Gasteiger partial charge in [0, 0.05) is 17.8 Å². The zero-order valence-electron chi connectivity index (χ0n) is 16.8. The Morgan fingerprint density at radius 3 is 2.46 bits per heavy atom. The van der Waals surface area contributed by atoms with Crippen LogP contribution in [0.3, 0.4) is 0 Å². The van der Waals surface area contributed by atoms with Crippen LogP contribution in [0, 0.1) is 0 Å². The fourth-order valence-electron chi connectivity index (χ4n) is 3.50. The summed E-state index contributed by atoms with van der Waals surface area (Å²) in [5, 5.41) is 10.2. The van der Waals surface area contributed by atoms with Crippen molar-refractivity contribution in [2.45, 2.75) is 32.2 Å². The molecule has 150 valence electrons. The van der Waals surface area contributed by atoms with Crippen molar-refractivity contribution in [3.05, 3.63) is 53.6 Å². The first-order chi connectivity index (χ1) is 13.7. The molecule has 0 spiro atoms. The van der Waals surface area contributed by atoms with Gasteiger partial charge >= 0.3 is 0 Å². The van der Waals surface area contributed by atoms with Crippen molar-refractivity contribution in [3.63, 3.8) is 0 Å². The van der Waals surface area contributed by atoms with Crippen LogP contribution in [-0.4, -0.2) is 49.6 Å². The Balaban J connectivity index is 1.70. The van der Waals surface area contributed by atoms with E-state index in [2.05, 4.69) is 28.9 Å². The number of aromatic hydroxyl groups is 1. The van der Waals surface area contributed by atoms with E-state index < -0.39 is 0 Å². The van der Waals surface area contributed by atoms with E-state index in [4.69, 9.17) is 9.47 Å². The van der Waals surface area contributed by atoms with E-state index in [0.29, 0.717) is 24.5 Å². The molecule has 0 bridgehead atoms. The summed E-state index contributed by atoms with van der Waals surface area (Å²) in [5.41, 5.74) is 1.95. The maximum atomic E-state index is 10.2. The lowest BCUT2D eigenvalue weighted by molar-refractivity contribution is 0.252. The molecule has 2 aromatic rings. The summed E-state index contributed by atoms with van der Waals surface area (Å²) >= 11 is 0. The highest BCUT2D eigenvalue weighted by Crippen LogP contribution is 2.27. The van der Waals surface area contributed by atoms with Crippen LogP contribution in [0.1, 0.15) is 43.4 Å². The number of hydrogen-bond donors (Lipinski definition) is 1. The molecule has 1 heterocycles. The summed E-state index contributed by atoms with van der Waals surface area (Å²) in [6.45, 7) is 5.55. The quantitative estimate of drug-likeness (QED) is 0.651. The third-order valence-corrected chi connectivity index (χ3v) is 5.07. The van der Waals surface area contributed by atoms with Crippen molar-refractivity contribution < 1.29 is 14.6 Å². The van der Waals surface area contributed by atoms with Gasteiger partial charge in [0.05, 0.1) is 26.3 Å². The van der Waals surface area contributed by atoms with Gasteiger partial charge in [0.2, 0.25) is 0 Å². The van der Waals surface area contributed by atoms with Gasteiger partial charge in [-0.25, -0.2) is 0 Å². The van der Waals surface area contributed by atoms with Crippen LogP contribution < -0.4 is 9.47 Å². The molecule has 1 N–H and O–H groups in total. The molecule has 5 heteroatoms. The Bertz CT molecular complexity index is 768. The van der Waals surface area contributed by atoms with Crippen LogP contribution in [0.25, 0.3) is 0 Å². The van der Waals surface area contributed by atoms with Crippen LogP contribution in [0.4, 0.5) is 0 Å². The van der Waals surface area contributed by atoms with E-state index in [9.17, 15) is 5.11 Å². The number of phenolic OH excluding ortho intramolecular Hbond substituents is 1. The molecule has 1 fully saturated rings. The summed E-state index contributed by atoms with van der Waals surface area (Å²) in [6.07, 6.45) is 5.16. The van der Waals surface area contributed by atoms with Gasteiger partial charge in [-0.05, 0) is 62.2 Å². The van der Waals surface area contributed by atoms with Crippen LogP contribution in [0.5, 0.6) is 17.2 Å². The van der Waals surface area contributed by atoms with Gasteiger partial charge in [0.1, 0.15) is 17.2 Å². The van der Waals surface area contributed by atoms with Gasteiger partial charge in [0.25, 0.3) is 0 Å². The Morgan fingerprint density at radius 2 is 1.82 bits per heavy atom. The van der Waals surface area contributed by atoms with Crippen LogP contribution in [-0.2, 0) is 0 Å². The van der Waals surface area contributed by atoms with Crippen molar-refractivity contribution in [1.82, 2.24) is 4.90 Å². The standard InChI is InChI=1S/C23H30N2O3/c1-3-14-28-21-11-8-19(23(26)15-21)16-24-17-22(25-12-4-5-13-25)18-6-9-20(27-2)10-7-18/h6-11,15-16,22,26H,3-5,12-14,17H2,1-2H3/t22-/m1/s1. The van der Waals surface area contributed by atoms with Gasteiger partial charge in [-0.3, -0.25) is 9.89 Å². The fourth-order valence-corrected chi connectivity index (χ4v) is 3.50. The molecule has 1 atom stereocenters. The molecule has 0 aromatic heterocycles. The molecule has 0 saturated carbocycles. The SMILES string of the molecule is CCCOc1ccc(C=NC[C@H](c2ccc(OC)cc2)N2CCCC2)c(O)c1. The number of nitrogens with zero attached hydrogens (tertiary/aromatic N) is 2. The number of methoxy groups -OCH3 is 1. The van der Waals surface area contributed by atoms with Gasteiger partial charge in [-0.15, -0.1) is 0 Å². The molecule has 5 nitrogen and oxygen atoms in total. The minimum absolute atomic E-state index is 0.194. The molecular weight excluding hydrogens is 352 g/mol. The Hall–Kier alpha value is -2.53. The van der Waals surface area contributed by atoms with E-state index in [1.807, 2.05) is 24.3 Å². The number of phenols is 1. The molecule has 1 aliphatic heterocycles. The molecule has 1 saturated heterocycles. The second-order valence-electron chi connectivity index (χ2n) is 7.10. The maximum absolute atomic E-state index is 10.2. The first-order valence-electron chi connectivity index (χ1n) is 10.0. The number of hydrogen-bond acceptors (Lipinski definition) is 5. The van der Waals surface area contributed by atoms with Crippen LogP contribution in [0.15, 0.2) is 47.5 Å². The summed E-state index contributed by atoms with van der Waals surface area (Å²) in [7, 11) is 1.68. The lowest BCUT2D eigenvalue weighted by Crippen LogP contribution is -2.27. The zero-order valence-corrected chi connectivity index (χ0v) is 16.8. The summed E-state index contributed by atoms with van der Waals surface area (Å²) < 4.78 is 10.8. The molecule has 1 aliphatic rings. The molecule has 28 heavy (non-hydrogen) atoms. The molecule has 0 radical (unpaired) electrons. The van der Waals surface area contributed by atoms with Crippen molar-refractivity contribution >= 4 is 6.21 Å². The monoisotopic (exact) mass is 382 g/mol. The molecule has 0 aliphatic carbocycles. The highest BCUT2D eigenvalue weighted by molar-refractivity contribution is 5.83. The third kappa shape index (κ3) is 5.26. The third-order valence-electron chi connectivity index (χ3n) is 5.07. The topological polar surface area (TPSA) is 54.3 Å². The first-order valence-corrected chi connectivity index (χ1v) is 10.0. The maximum Gasteiger partial charge on any atom is 0.128 e. The highest BCUT2D eigenvalue weighted by Gasteiger charge is 2.23. The number of ether oxygens (including phenoxy) is 2. The predicted octanol–water partition coefficient (Wildman–Crippen LogP) is 4.45. The minimum Gasteiger partial charge on any atom is -0.507 e. The number of rotatable bonds is 9. The van der Waals surface area contributed by atoms with Crippen molar-refractivity contribution in [2.24, 2.45) is 4.99 Å². The summed E-state index contributed by atoms with van der Waals surface area (Å²) in [6, 6.07) is 13.9. The second-order valence-corrected chi connectivity index (χ2v) is 7.10. The van der Waals surface area contributed by atoms with Crippen molar-refractivity contribution in [3.8, 4) is 17.2 Å². The van der Waals surface area contributed by atoms with Crippen LogP contribution >= 0.6 is 0 Å². The van der Waals surface area contributed by atoms with E-state index >= 15 is 0 Å². The average Bonchev–Trinajstić information content (AvgIpc) is 3.25. The van der Waals surface area contributed by atoms with E-state index in [1.165, 1.54) is 18.4 Å². The molecule has 0 unspecified atom stereocenters.